The quantitative estimate of drug-likeness (QED) is 0.590. The van der Waals surface area contributed by atoms with Crippen molar-refractivity contribution in [2.24, 2.45) is 0 Å². The van der Waals surface area contributed by atoms with Crippen molar-refractivity contribution in [3.05, 3.63) is 28.3 Å². The van der Waals surface area contributed by atoms with Crippen molar-refractivity contribution in [3.8, 4) is 5.75 Å². The number of nitrogens with one attached hydrogen (secondary N) is 1. The fourth-order valence-corrected chi connectivity index (χ4v) is 2.58. The Hall–Kier alpha value is -1.71. The van der Waals surface area contributed by atoms with E-state index >= 15 is 0 Å². The first-order valence-electron chi connectivity index (χ1n) is 6.22. The molecule has 1 unspecified atom stereocenters. The summed E-state index contributed by atoms with van der Waals surface area (Å²) < 4.78 is 30.4. The minimum atomic E-state index is -3.73. The van der Waals surface area contributed by atoms with Crippen molar-refractivity contribution in [3.63, 3.8) is 0 Å². The Balaban J connectivity index is 3.23. The molecule has 8 nitrogen and oxygen atoms in total. The van der Waals surface area contributed by atoms with E-state index in [0.717, 1.165) is 10.4 Å². The second-order valence-electron chi connectivity index (χ2n) is 4.66. The van der Waals surface area contributed by atoms with Crippen LogP contribution in [-0.2, 0) is 10.0 Å². The standard InChI is InChI=1S/C12H19N3O5S/c1-9(8-13-2)20-12-6-5-10(7-11(12)15(16)17)21(18,19)14(3)4/h5-7,9,13H,8H2,1-4H3. The minimum absolute atomic E-state index is 0.0421. The summed E-state index contributed by atoms with van der Waals surface area (Å²) in [6.45, 7) is 2.26. The lowest BCUT2D eigenvalue weighted by molar-refractivity contribution is -0.386. The molecule has 1 atom stereocenters. The number of nitrogens with zero attached hydrogens (tertiary/aromatic N) is 2. The zero-order valence-corrected chi connectivity index (χ0v) is 13.2. The van der Waals surface area contributed by atoms with Gasteiger partial charge in [-0.1, -0.05) is 0 Å². The molecule has 0 saturated heterocycles. The molecule has 0 aliphatic heterocycles. The number of sulfonamides is 1. The lowest BCUT2D eigenvalue weighted by atomic mass is 10.3. The van der Waals surface area contributed by atoms with Crippen LogP contribution < -0.4 is 10.1 Å². The summed E-state index contributed by atoms with van der Waals surface area (Å²) in [7, 11) is 0.733. The van der Waals surface area contributed by atoms with Crippen molar-refractivity contribution in [2.75, 3.05) is 27.7 Å². The molecule has 21 heavy (non-hydrogen) atoms. The predicted octanol–water partition coefficient (Wildman–Crippen LogP) is 0.832. The fourth-order valence-electron chi connectivity index (χ4n) is 1.66. The highest BCUT2D eigenvalue weighted by atomic mass is 32.2. The van der Waals surface area contributed by atoms with Crippen LogP contribution in [0.15, 0.2) is 23.1 Å². The maximum atomic E-state index is 12.0. The van der Waals surface area contributed by atoms with Crippen LogP contribution in [-0.4, -0.2) is 51.4 Å². The molecule has 1 rings (SSSR count). The summed E-state index contributed by atoms with van der Waals surface area (Å²) in [4.78, 5) is 10.3. The Morgan fingerprint density at radius 2 is 2.05 bits per heavy atom. The van der Waals surface area contributed by atoms with Crippen LogP contribution in [0.3, 0.4) is 0 Å². The van der Waals surface area contributed by atoms with E-state index in [-0.39, 0.29) is 22.4 Å². The smallest absolute Gasteiger partial charge is 0.312 e. The third-order valence-corrected chi connectivity index (χ3v) is 4.54. The Bertz CT molecular complexity index is 615. The summed E-state index contributed by atoms with van der Waals surface area (Å²) in [5, 5.41) is 14.0. The van der Waals surface area contributed by atoms with E-state index in [2.05, 4.69) is 5.32 Å². The van der Waals surface area contributed by atoms with Crippen molar-refractivity contribution >= 4 is 15.7 Å². The van der Waals surface area contributed by atoms with E-state index in [0.29, 0.717) is 6.54 Å². The maximum Gasteiger partial charge on any atom is 0.312 e. The van der Waals surface area contributed by atoms with Gasteiger partial charge in [0.05, 0.1) is 9.82 Å². The molecule has 0 bridgehead atoms. The first-order chi connectivity index (χ1) is 9.70. The van der Waals surface area contributed by atoms with Crippen LogP contribution in [0.2, 0.25) is 0 Å². The molecule has 9 heteroatoms. The first-order valence-corrected chi connectivity index (χ1v) is 7.66. The molecule has 0 fully saturated rings. The first kappa shape index (κ1) is 17.3. The number of rotatable bonds is 7. The summed E-state index contributed by atoms with van der Waals surface area (Å²) in [5.41, 5.74) is -0.374. The highest BCUT2D eigenvalue weighted by molar-refractivity contribution is 7.89. The van der Waals surface area contributed by atoms with Crippen molar-refractivity contribution < 1.29 is 18.1 Å². The molecule has 1 aromatic carbocycles. The topological polar surface area (TPSA) is 102 Å². The number of hydrogen-bond donors (Lipinski definition) is 1. The van der Waals surface area contributed by atoms with Gasteiger partial charge in [0.15, 0.2) is 5.75 Å². The van der Waals surface area contributed by atoms with Crippen LogP contribution in [0.5, 0.6) is 5.75 Å². The Morgan fingerprint density at radius 1 is 1.43 bits per heavy atom. The largest absolute Gasteiger partial charge is 0.482 e. The maximum absolute atomic E-state index is 12.0. The molecular weight excluding hydrogens is 298 g/mol. The average Bonchev–Trinajstić information content (AvgIpc) is 2.38. The van der Waals surface area contributed by atoms with Crippen LogP contribution in [0.25, 0.3) is 0 Å². The number of likely N-dealkylation sites (N-methyl/N-ethyl adjacent to an activating group) is 1. The van der Waals surface area contributed by atoms with Gasteiger partial charge in [0.1, 0.15) is 6.10 Å². The van der Waals surface area contributed by atoms with Crippen LogP contribution >= 0.6 is 0 Å². The molecule has 0 aliphatic carbocycles. The van der Waals surface area contributed by atoms with Gasteiger partial charge in [-0.05, 0) is 26.1 Å². The van der Waals surface area contributed by atoms with Gasteiger partial charge in [-0.3, -0.25) is 10.1 Å². The van der Waals surface area contributed by atoms with Gasteiger partial charge in [-0.25, -0.2) is 12.7 Å². The Morgan fingerprint density at radius 3 is 2.52 bits per heavy atom. The normalized spacial score (nSPS) is 13.2. The number of benzene rings is 1. The summed E-state index contributed by atoms with van der Waals surface area (Å²) in [5.74, 6) is 0.0421. The van der Waals surface area contributed by atoms with Crippen LogP contribution in [0.1, 0.15) is 6.92 Å². The molecule has 1 aromatic rings. The van der Waals surface area contributed by atoms with E-state index < -0.39 is 14.9 Å². The second-order valence-corrected chi connectivity index (χ2v) is 6.81. The van der Waals surface area contributed by atoms with E-state index in [9.17, 15) is 18.5 Å². The lowest BCUT2D eigenvalue weighted by Crippen LogP contribution is -2.26. The van der Waals surface area contributed by atoms with Gasteiger partial charge >= 0.3 is 5.69 Å². The van der Waals surface area contributed by atoms with Crippen LogP contribution in [0, 0.1) is 10.1 Å². The SMILES string of the molecule is CNCC(C)Oc1ccc(S(=O)(=O)N(C)C)cc1[N+](=O)[O-]. The van der Waals surface area contributed by atoms with Gasteiger partial charge in [-0.2, -0.15) is 0 Å². The lowest BCUT2D eigenvalue weighted by Gasteiger charge is -2.15. The second kappa shape index (κ2) is 6.83. The third-order valence-electron chi connectivity index (χ3n) is 2.73. The molecular formula is C12H19N3O5S. The zero-order chi connectivity index (χ0) is 16.2. The molecule has 0 saturated carbocycles. The van der Waals surface area contributed by atoms with E-state index in [1.54, 1.807) is 14.0 Å². The molecule has 1 N–H and O–H groups in total. The molecule has 0 aromatic heterocycles. The van der Waals surface area contributed by atoms with Gasteiger partial charge in [0, 0.05) is 26.7 Å². The minimum Gasteiger partial charge on any atom is -0.482 e. The monoisotopic (exact) mass is 317 g/mol. The van der Waals surface area contributed by atoms with Gasteiger partial charge in [0.2, 0.25) is 10.0 Å². The molecule has 0 aliphatic rings. The number of nitro groups is 1. The summed E-state index contributed by atoms with van der Waals surface area (Å²) in [6.07, 6.45) is -0.287. The van der Waals surface area contributed by atoms with E-state index in [4.69, 9.17) is 4.74 Å². The van der Waals surface area contributed by atoms with Crippen molar-refractivity contribution in [1.82, 2.24) is 9.62 Å². The highest BCUT2D eigenvalue weighted by Gasteiger charge is 2.24. The average molecular weight is 317 g/mol. The van der Waals surface area contributed by atoms with Gasteiger partial charge < -0.3 is 10.1 Å². The number of ether oxygens (including phenoxy) is 1. The number of hydrogen-bond acceptors (Lipinski definition) is 6. The van der Waals surface area contributed by atoms with Gasteiger partial charge in [-0.15, -0.1) is 0 Å². The predicted molar refractivity (Wildman–Crippen MR) is 78.0 cm³/mol. The molecule has 0 heterocycles. The third kappa shape index (κ3) is 4.13. The van der Waals surface area contributed by atoms with E-state index in [1.807, 2.05) is 0 Å². The molecule has 0 amide bonds. The fraction of sp³-hybridized carbons (Fsp3) is 0.500. The highest BCUT2D eigenvalue weighted by Crippen LogP contribution is 2.31. The van der Waals surface area contributed by atoms with Crippen LogP contribution in [0.4, 0.5) is 5.69 Å². The Kier molecular flexibility index (Phi) is 5.64. The molecule has 118 valence electrons. The molecule has 0 radical (unpaired) electrons. The summed E-state index contributed by atoms with van der Waals surface area (Å²) >= 11 is 0. The summed E-state index contributed by atoms with van der Waals surface area (Å²) in [6, 6.07) is 3.61. The number of nitro benzene ring substituents is 1. The Labute approximate surface area is 123 Å². The van der Waals surface area contributed by atoms with E-state index in [1.165, 1.54) is 26.2 Å². The molecule has 0 spiro atoms. The van der Waals surface area contributed by atoms with Crippen molar-refractivity contribution in [2.45, 2.75) is 17.9 Å². The zero-order valence-electron chi connectivity index (χ0n) is 12.4. The van der Waals surface area contributed by atoms with Crippen molar-refractivity contribution in [1.29, 1.82) is 0 Å². The van der Waals surface area contributed by atoms with Gasteiger partial charge in [0.25, 0.3) is 0 Å².